The van der Waals surface area contributed by atoms with Crippen LogP contribution in [0.15, 0.2) is 53.6 Å². The summed E-state index contributed by atoms with van der Waals surface area (Å²) in [5.41, 5.74) is 1.74. The van der Waals surface area contributed by atoms with Gasteiger partial charge in [0.2, 0.25) is 5.91 Å². The Morgan fingerprint density at radius 2 is 1.91 bits per heavy atom. The van der Waals surface area contributed by atoms with E-state index in [0.29, 0.717) is 29.6 Å². The molecule has 0 bridgehead atoms. The van der Waals surface area contributed by atoms with Crippen LogP contribution in [0.4, 0.5) is 0 Å². The van der Waals surface area contributed by atoms with Crippen molar-refractivity contribution in [2.75, 3.05) is 20.8 Å². The molecule has 0 aliphatic carbocycles. The number of methoxy groups -OCH3 is 2. The Morgan fingerprint density at radius 3 is 2.73 bits per heavy atom. The predicted octanol–water partition coefficient (Wildman–Crippen LogP) is 3.82. The van der Waals surface area contributed by atoms with Crippen LogP contribution >= 0.6 is 0 Å². The van der Waals surface area contributed by atoms with Crippen molar-refractivity contribution in [3.8, 4) is 11.5 Å². The highest BCUT2D eigenvalue weighted by molar-refractivity contribution is 5.78. The van der Waals surface area contributed by atoms with Crippen LogP contribution in [0.5, 0.6) is 11.5 Å². The van der Waals surface area contributed by atoms with E-state index in [4.69, 9.17) is 9.47 Å². The van der Waals surface area contributed by atoms with Crippen LogP contribution < -0.4 is 15.0 Å². The van der Waals surface area contributed by atoms with Crippen LogP contribution in [0, 0.1) is 0 Å². The molecule has 0 N–H and O–H groups in total. The Labute approximate surface area is 194 Å². The summed E-state index contributed by atoms with van der Waals surface area (Å²) in [6, 6.07) is 13.5. The molecule has 0 spiro atoms. The maximum Gasteiger partial charge on any atom is 0.261 e. The van der Waals surface area contributed by atoms with E-state index in [-0.39, 0.29) is 17.5 Å². The molecule has 0 saturated carbocycles. The number of likely N-dealkylation sites (tertiary alicyclic amines) is 1. The minimum atomic E-state index is -0.1000. The monoisotopic (exact) mass is 449 g/mol. The summed E-state index contributed by atoms with van der Waals surface area (Å²) in [6.07, 6.45) is 6.78. The number of hydrogen-bond acceptors (Lipinski definition) is 5. The summed E-state index contributed by atoms with van der Waals surface area (Å²) in [4.78, 5) is 32.2. The fraction of sp³-hybridized carbons (Fsp3) is 0.423. The molecule has 1 aliphatic heterocycles. The number of ether oxygens (including phenoxy) is 2. The third-order valence-corrected chi connectivity index (χ3v) is 6.46. The number of piperidine rings is 1. The van der Waals surface area contributed by atoms with Crippen molar-refractivity contribution >= 4 is 16.8 Å². The second kappa shape index (κ2) is 10.5. The maximum atomic E-state index is 13.1. The molecule has 1 aliphatic rings. The van der Waals surface area contributed by atoms with Crippen molar-refractivity contribution in [3.63, 3.8) is 0 Å². The number of aromatic nitrogens is 2. The molecule has 2 aromatic carbocycles. The Balaban J connectivity index is 1.39. The van der Waals surface area contributed by atoms with Gasteiger partial charge >= 0.3 is 0 Å². The number of aryl methyl sites for hydroxylation is 2. The quantitative estimate of drug-likeness (QED) is 0.523. The molecule has 33 heavy (non-hydrogen) atoms. The Hall–Kier alpha value is -3.35. The van der Waals surface area contributed by atoms with Gasteiger partial charge in [0.15, 0.2) is 11.5 Å². The number of rotatable bonds is 8. The Kier molecular flexibility index (Phi) is 7.27. The molecule has 7 heteroatoms. The van der Waals surface area contributed by atoms with E-state index in [1.807, 2.05) is 35.2 Å². The first-order valence-electron chi connectivity index (χ1n) is 11.5. The van der Waals surface area contributed by atoms with E-state index in [2.05, 4.69) is 11.1 Å². The van der Waals surface area contributed by atoms with E-state index >= 15 is 0 Å². The molecule has 1 aromatic heterocycles. The van der Waals surface area contributed by atoms with Crippen LogP contribution in [-0.2, 0) is 17.8 Å². The molecule has 1 amide bonds. The SMILES string of the molecule is COc1ccc(CCC2CCCCN2C(=O)CCn2cnc3ccccc3c2=O)cc1OC. The number of para-hydroxylation sites is 1. The van der Waals surface area contributed by atoms with E-state index in [1.165, 1.54) is 5.56 Å². The lowest BCUT2D eigenvalue weighted by atomic mass is 9.95. The van der Waals surface area contributed by atoms with Gasteiger partial charge < -0.3 is 14.4 Å². The van der Waals surface area contributed by atoms with E-state index in [0.717, 1.165) is 44.4 Å². The minimum absolute atomic E-state index is 0.1000. The van der Waals surface area contributed by atoms with Crippen molar-refractivity contribution < 1.29 is 14.3 Å². The molecule has 174 valence electrons. The fourth-order valence-corrected chi connectivity index (χ4v) is 4.62. The number of carbonyl (C=O) groups excluding carboxylic acids is 1. The summed E-state index contributed by atoms with van der Waals surface area (Å²) in [6.45, 7) is 1.12. The standard InChI is InChI=1S/C26H31N3O4/c1-32-23-13-11-19(17-24(23)33-2)10-12-20-7-5-6-15-29(20)25(30)14-16-28-18-27-22-9-4-3-8-21(22)26(28)31/h3-4,8-9,11,13,17-18,20H,5-7,10,12,14-16H2,1-2H3. The molecular formula is C26H31N3O4. The molecular weight excluding hydrogens is 418 g/mol. The first-order chi connectivity index (χ1) is 16.1. The van der Waals surface area contributed by atoms with Gasteiger partial charge in [-0.1, -0.05) is 18.2 Å². The first-order valence-corrected chi connectivity index (χ1v) is 11.5. The Bertz CT molecular complexity index is 1170. The average Bonchev–Trinajstić information content (AvgIpc) is 2.87. The molecule has 1 fully saturated rings. The zero-order valence-corrected chi connectivity index (χ0v) is 19.3. The highest BCUT2D eigenvalue weighted by Gasteiger charge is 2.26. The summed E-state index contributed by atoms with van der Waals surface area (Å²) >= 11 is 0. The summed E-state index contributed by atoms with van der Waals surface area (Å²) < 4.78 is 12.3. The summed E-state index contributed by atoms with van der Waals surface area (Å²) in [5, 5.41) is 0.582. The molecule has 3 aromatic rings. The third kappa shape index (κ3) is 5.18. The van der Waals surface area contributed by atoms with E-state index in [9.17, 15) is 9.59 Å². The van der Waals surface area contributed by atoms with Gasteiger partial charge in [0, 0.05) is 25.6 Å². The van der Waals surface area contributed by atoms with Crippen LogP contribution in [-0.4, -0.2) is 47.2 Å². The van der Waals surface area contributed by atoms with E-state index < -0.39 is 0 Å². The number of fused-ring (bicyclic) bond motifs is 1. The number of nitrogens with zero attached hydrogens (tertiary/aromatic N) is 3. The fourth-order valence-electron chi connectivity index (χ4n) is 4.62. The second-order valence-corrected chi connectivity index (χ2v) is 8.48. The second-order valence-electron chi connectivity index (χ2n) is 8.48. The highest BCUT2D eigenvalue weighted by Crippen LogP contribution is 2.29. The van der Waals surface area contributed by atoms with Gasteiger partial charge in [-0.15, -0.1) is 0 Å². The van der Waals surface area contributed by atoms with Gasteiger partial charge in [0.25, 0.3) is 5.56 Å². The number of benzene rings is 2. The van der Waals surface area contributed by atoms with Crippen molar-refractivity contribution in [1.29, 1.82) is 0 Å². The molecule has 0 radical (unpaired) electrons. The first kappa shape index (κ1) is 22.8. The lowest BCUT2D eigenvalue weighted by Gasteiger charge is -2.36. The van der Waals surface area contributed by atoms with Crippen molar-refractivity contribution in [2.24, 2.45) is 0 Å². The molecule has 1 atom stereocenters. The van der Waals surface area contributed by atoms with Crippen molar-refractivity contribution in [1.82, 2.24) is 14.5 Å². The van der Waals surface area contributed by atoms with Crippen molar-refractivity contribution in [3.05, 3.63) is 64.7 Å². The predicted molar refractivity (Wildman–Crippen MR) is 128 cm³/mol. The molecule has 7 nitrogen and oxygen atoms in total. The summed E-state index contributed by atoms with van der Waals surface area (Å²) in [5.74, 6) is 1.54. The van der Waals surface area contributed by atoms with E-state index in [1.54, 1.807) is 31.2 Å². The third-order valence-electron chi connectivity index (χ3n) is 6.46. The van der Waals surface area contributed by atoms with Crippen LogP contribution in [0.3, 0.4) is 0 Å². The molecule has 1 unspecified atom stereocenters. The Morgan fingerprint density at radius 1 is 1.09 bits per heavy atom. The minimum Gasteiger partial charge on any atom is -0.493 e. The van der Waals surface area contributed by atoms with Crippen LogP contribution in [0.2, 0.25) is 0 Å². The van der Waals surface area contributed by atoms with Crippen molar-refractivity contribution in [2.45, 2.75) is 51.1 Å². The average molecular weight is 450 g/mol. The highest BCUT2D eigenvalue weighted by atomic mass is 16.5. The number of carbonyl (C=O) groups is 1. The topological polar surface area (TPSA) is 73.7 Å². The van der Waals surface area contributed by atoms with Gasteiger partial charge in [-0.3, -0.25) is 14.2 Å². The molecule has 4 rings (SSSR count). The van der Waals surface area contributed by atoms with Gasteiger partial charge in [-0.2, -0.15) is 0 Å². The normalized spacial score (nSPS) is 16.1. The van der Waals surface area contributed by atoms with Gasteiger partial charge in [0.1, 0.15) is 0 Å². The smallest absolute Gasteiger partial charge is 0.261 e. The van der Waals surface area contributed by atoms with Crippen LogP contribution in [0.25, 0.3) is 10.9 Å². The molecule has 2 heterocycles. The maximum absolute atomic E-state index is 13.1. The zero-order chi connectivity index (χ0) is 23.2. The molecule has 1 saturated heterocycles. The van der Waals surface area contributed by atoms with Crippen LogP contribution in [0.1, 0.15) is 37.7 Å². The largest absolute Gasteiger partial charge is 0.493 e. The lowest BCUT2D eigenvalue weighted by molar-refractivity contribution is -0.135. The lowest BCUT2D eigenvalue weighted by Crippen LogP contribution is -2.44. The van der Waals surface area contributed by atoms with Gasteiger partial charge in [-0.25, -0.2) is 4.98 Å². The zero-order valence-electron chi connectivity index (χ0n) is 19.3. The van der Waals surface area contributed by atoms with Gasteiger partial charge in [0.05, 0.1) is 31.4 Å². The summed E-state index contributed by atoms with van der Waals surface area (Å²) in [7, 11) is 3.27. The number of amides is 1. The van der Waals surface area contributed by atoms with Gasteiger partial charge in [-0.05, 0) is 61.9 Å². The number of hydrogen-bond donors (Lipinski definition) is 0.